The van der Waals surface area contributed by atoms with Gasteiger partial charge in [0.25, 0.3) is 0 Å². The molecule has 0 radical (unpaired) electrons. The standard InChI is InChI=1S/C17H35N/c1-4-7-13-16(5-2)17(18-6-3)14-15-11-9-8-10-12-15/h15-18H,4-14H2,1-3H3. The molecule has 0 saturated heterocycles. The van der Waals surface area contributed by atoms with Crippen molar-refractivity contribution in [3.05, 3.63) is 0 Å². The predicted molar refractivity (Wildman–Crippen MR) is 82.0 cm³/mol. The van der Waals surface area contributed by atoms with Gasteiger partial charge in [-0.1, -0.05) is 72.1 Å². The van der Waals surface area contributed by atoms with Gasteiger partial charge in [0.1, 0.15) is 0 Å². The number of unbranched alkanes of at least 4 members (excludes halogenated alkanes) is 1. The Bertz CT molecular complexity index is 184. The molecule has 1 rings (SSSR count). The number of nitrogens with one attached hydrogen (secondary N) is 1. The minimum Gasteiger partial charge on any atom is -0.314 e. The van der Waals surface area contributed by atoms with E-state index >= 15 is 0 Å². The molecular formula is C17H35N. The Morgan fingerprint density at radius 1 is 1.06 bits per heavy atom. The van der Waals surface area contributed by atoms with Crippen molar-refractivity contribution in [1.82, 2.24) is 5.32 Å². The molecule has 0 bridgehead atoms. The van der Waals surface area contributed by atoms with Gasteiger partial charge in [-0.15, -0.1) is 0 Å². The largest absolute Gasteiger partial charge is 0.314 e. The van der Waals surface area contributed by atoms with Crippen LogP contribution in [0.25, 0.3) is 0 Å². The van der Waals surface area contributed by atoms with E-state index in [9.17, 15) is 0 Å². The minimum absolute atomic E-state index is 0.787. The molecule has 1 N–H and O–H groups in total. The van der Waals surface area contributed by atoms with E-state index in [1.165, 1.54) is 64.2 Å². The first-order valence-corrected chi connectivity index (χ1v) is 8.55. The molecule has 1 aliphatic carbocycles. The van der Waals surface area contributed by atoms with Gasteiger partial charge >= 0.3 is 0 Å². The fourth-order valence-corrected chi connectivity index (χ4v) is 3.64. The molecule has 0 aromatic carbocycles. The van der Waals surface area contributed by atoms with Crippen LogP contribution < -0.4 is 5.32 Å². The Morgan fingerprint density at radius 2 is 1.78 bits per heavy atom. The summed E-state index contributed by atoms with van der Waals surface area (Å²) >= 11 is 0. The summed E-state index contributed by atoms with van der Waals surface area (Å²) in [4.78, 5) is 0. The first kappa shape index (κ1) is 16.0. The minimum atomic E-state index is 0.787. The molecule has 1 fully saturated rings. The summed E-state index contributed by atoms with van der Waals surface area (Å²) in [6.45, 7) is 8.10. The Labute approximate surface area is 115 Å². The third kappa shape index (κ3) is 5.73. The van der Waals surface area contributed by atoms with E-state index in [0.29, 0.717) is 0 Å². The van der Waals surface area contributed by atoms with Crippen molar-refractivity contribution in [2.45, 2.75) is 91.0 Å². The van der Waals surface area contributed by atoms with Gasteiger partial charge < -0.3 is 5.32 Å². The molecule has 1 heteroatoms. The van der Waals surface area contributed by atoms with E-state index in [1.807, 2.05) is 0 Å². The maximum Gasteiger partial charge on any atom is 0.00977 e. The van der Waals surface area contributed by atoms with Crippen LogP contribution in [-0.2, 0) is 0 Å². The van der Waals surface area contributed by atoms with Crippen molar-refractivity contribution in [2.75, 3.05) is 6.54 Å². The summed E-state index contributed by atoms with van der Waals surface area (Å²) < 4.78 is 0. The molecule has 0 aliphatic heterocycles. The van der Waals surface area contributed by atoms with Crippen LogP contribution in [-0.4, -0.2) is 12.6 Å². The molecule has 18 heavy (non-hydrogen) atoms. The number of hydrogen-bond acceptors (Lipinski definition) is 1. The molecule has 0 aromatic heterocycles. The molecule has 2 atom stereocenters. The fourth-order valence-electron chi connectivity index (χ4n) is 3.64. The summed E-state index contributed by atoms with van der Waals surface area (Å²) in [6.07, 6.45) is 14.4. The highest BCUT2D eigenvalue weighted by atomic mass is 14.9. The van der Waals surface area contributed by atoms with E-state index in [-0.39, 0.29) is 0 Å². The van der Waals surface area contributed by atoms with Crippen LogP contribution in [0.5, 0.6) is 0 Å². The quantitative estimate of drug-likeness (QED) is 0.599. The third-order valence-electron chi connectivity index (χ3n) is 4.80. The van der Waals surface area contributed by atoms with Crippen molar-refractivity contribution < 1.29 is 0 Å². The molecule has 1 nitrogen and oxygen atoms in total. The van der Waals surface area contributed by atoms with Crippen LogP contribution in [0, 0.1) is 11.8 Å². The van der Waals surface area contributed by atoms with E-state index < -0.39 is 0 Å². The Morgan fingerprint density at radius 3 is 2.33 bits per heavy atom. The maximum absolute atomic E-state index is 3.79. The smallest absolute Gasteiger partial charge is 0.00977 e. The van der Waals surface area contributed by atoms with Gasteiger partial charge in [-0.3, -0.25) is 0 Å². The van der Waals surface area contributed by atoms with Gasteiger partial charge in [0, 0.05) is 6.04 Å². The first-order valence-electron chi connectivity index (χ1n) is 8.55. The average molecular weight is 253 g/mol. The second kappa shape index (κ2) is 9.83. The zero-order valence-electron chi connectivity index (χ0n) is 13.0. The highest BCUT2D eigenvalue weighted by Crippen LogP contribution is 2.30. The van der Waals surface area contributed by atoms with Crippen LogP contribution in [0.1, 0.15) is 85.0 Å². The summed E-state index contributed by atoms with van der Waals surface area (Å²) in [5.74, 6) is 1.92. The Kier molecular flexibility index (Phi) is 8.75. The van der Waals surface area contributed by atoms with Gasteiger partial charge in [-0.2, -0.15) is 0 Å². The van der Waals surface area contributed by atoms with Gasteiger partial charge in [-0.05, 0) is 31.2 Å². The van der Waals surface area contributed by atoms with Gasteiger partial charge in [-0.25, -0.2) is 0 Å². The molecular weight excluding hydrogens is 218 g/mol. The van der Waals surface area contributed by atoms with Gasteiger partial charge in [0.15, 0.2) is 0 Å². The Hall–Kier alpha value is -0.0400. The molecule has 0 aromatic rings. The SMILES string of the molecule is CCCCC(CC)C(CC1CCCCC1)NCC. The lowest BCUT2D eigenvalue weighted by Gasteiger charge is -2.32. The summed E-state index contributed by atoms with van der Waals surface area (Å²) in [6, 6.07) is 0.787. The predicted octanol–water partition coefficient (Wildman–Crippen LogP) is 5.15. The van der Waals surface area contributed by atoms with Crippen LogP contribution in [0.3, 0.4) is 0 Å². The molecule has 1 aliphatic rings. The van der Waals surface area contributed by atoms with Crippen LogP contribution in [0.15, 0.2) is 0 Å². The molecule has 1 saturated carbocycles. The van der Waals surface area contributed by atoms with Crippen molar-refractivity contribution in [2.24, 2.45) is 11.8 Å². The zero-order valence-corrected chi connectivity index (χ0v) is 13.0. The first-order chi connectivity index (χ1) is 8.81. The second-order valence-electron chi connectivity index (χ2n) is 6.21. The maximum atomic E-state index is 3.79. The molecule has 2 unspecified atom stereocenters. The lowest BCUT2D eigenvalue weighted by molar-refractivity contribution is 0.237. The zero-order chi connectivity index (χ0) is 13.2. The van der Waals surface area contributed by atoms with Crippen molar-refractivity contribution in [3.63, 3.8) is 0 Å². The average Bonchev–Trinajstić information content (AvgIpc) is 2.41. The normalized spacial score (nSPS) is 20.8. The number of hydrogen-bond donors (Lipinski definition) is 1. The van der Waals surface area contributed by atoms with Crippen LogP contribution >= 0.6 is 0 Å². The van der Waals surface area contributed by atoms with E-state index in [0.717, 1.165) is 24.4 Å². The van der Waals surface area contributed by atoms with E-state index in [2.05, 4.69) is 26.1 Å². The van der Waals surface area contributed by atoms with Crippen LogP contribution in [0.4, 0.5) is 0 Å². The monoisotopic (exact) mass is 253 g/mol. The van der Waals surface area contributed by atoms with E-state index in [4.69, 9.17) is 0 Å². The van der Waals surface area contributed by atoms with Crippen molar-refractivity contribution in [3.8, 4) is 0 Å². The third-order valence-corrected chi connectivity index (χ3v) is 4.80. The summed E-state index contributed by atoms with van der Waals surface area (Å²) in [5.41, 5.74) is 0. The fraction of sp³-hybridized carbons (Fsp3) is 1.00. The number of rotatable bonds is 9. The van der Waals surface area contributed by atoms with Gasteiger partial charge in [0.2, 0.25) is 0 Å². The summed E-state index contributed by atoms with van der Waals surface area (Å²) in [7, 11) is 0. The highest BCUT2D eigenvalue weighted by molar-refractivity contribution is 4.80. The molecule has 0 spiro atoms. The van der Waals surface area contributed by atoms with Gasteiger partial charge in [0.05, 0.1) is 0 Å². The van der Waals surface area contributed by atoms with Crippen molar-refractivity contribution in [1.29, 1.82) is 0 Å². The molecule has 0 heterocycles. The second-order valence-corrected chi connectivity index (χ2v) is 6.21. The lowest BCUT2D eigenvalue weighted by atomic mass is 9.80. The van der Waals surface area contributed by atoms with Crippen LogP contribution in [0.2, 0.25) is 0 Å². The molecule has 108 valence electrons. The van der Waals surface area contributed by atoms with Crippen molar-refractivity contribution >= 4 is 0 Å². The van der Waals surface area contributed by atoms with E-state index in [1.54, 1.807) is 0 Å². The lowest BCUT2D eigenvalue weighted by Crippen LogP contribution is -2.38. The summed E-state index contributed by atoms with van der Waals surface area (Å²) in [5, 5.41) is 3.79. The topological polar surface area (TPSA) is 12.0 Å². The Balaban J connectivity index is 2.44. The molecule has 0 amide bonds. The highest BCUT2D eigenvalue weighted by Gasteiger charge is 2.23.